The summed E-state index contributed by atoms with van der Waals surface area (Å²) in [6, 6.07) is 12.4. The lowest BCUT2D eigenvalue weighted by Gasteiger charge is -2.06. The molecule has 1 N–H and O–H groups in total. The molecule has 0 aliphatic carbocycles. The molecule has 2 aromatic rings. The van der Waals surface area contributed by atoms with E-state index in [0.29, 0.717) is 17.0 Å². The van der Waals surface area contributed by atoms with Gasteiger partial charge < -0.3 is 10.1 Å². The van der Waals surface area contributed by atoms with Crippen LogP contribution in [0.3, 0.4) is 0 Å². The minimum absolute atomic E-state index is 0.289. The molecule has 0 spiro atoms. The number of halogens is 1. The standard InChI is InChI=1S/C14H12FNO2/c1-18-13-4-2-3-12(9-13)16-14(17)10-5-7-11(15)8-6-10/h2-9H,1H3,(H,16,17). The van der Waals surface area contributed by atoms with Gasteiger partial charge in [-0.05, 0) is 36.4 Å². The molecule has 0 aliphatic rings. The number of rotatable bonds is 3. The van der Waals surface area contributed by atoms with Crippen LogP contribution < -0.4 is 10.1 Å². The molecular weight excluding hydrogens is 233 g/mol. The highest BCUT2D eigenvalue weighted by Gasteiger charge is 2.06. The largest absolute Gasteiger partial charge is 0.497 e. The van der Waals surface area contributed by atoms with E-state index >= 15 is 0 Å². The first-order chi connectivity index (χ1) is 8.69. The molecule has 18 heavy (non-hydrogen) atoms. The molecule has 92 valence electrons. The number of benzene rings is 2. The predicted octanol–water partition coefficient (Wildman–Crippen LogP) is 3.09. The number of hydrogen-bond donors (Lipinski definition) is 1. The summed E-state index contributed by atoms with van der Waals surface area (Å²) < 4.78 is 17.8. The quantitative estimate of drug-likeness (QED) is 0.902. The summed E-state index contributed by atoms with van der Waals surface area (Å²) in [6.45, 7) is 0. The lowest BCUT2D eigenvalue weighted by atomic mass is 10.2. The van der Waals surface area contributed by atoms with Gasteiger partial charge in [-0.25, -0.2) is 4.39 Å². The van der Waals surface area contributed by atoms with Gasteiger partial charge in [0.25, 0.3) is 5.91 Å². The number of nitrogens with one attached hydrogen (secondary N) is 1. The van der Waals surface area contributed by atoms with Gasteiger partial charge in [0.15, 0.2) is 0 Å². The summed E-state index contributed by atoms with van der Waals surface area (Å²) >= 11 is 0. The van der Waals surface area contributed by atoms with E-state index < -0.39 is 0 Å². The molecule has 0 radical (unpaired) electrons. The molecule has 2 rings (SSSR count). The Balaban J connectivity index is 2.13. The SMILES string of the molecule is COc1cccc(NC(=O)c2ccc(F)cc2)c1. The summed E-state index contributed by atoms with van der Waals surface area (Å²) in [5.41, 5.74) is 1.03. The van der Waals surface area contributed by atoms with Crippen LogP contribution in [0.2, 0.25) is 0 Å². The van der Waals surface area contributed by atoms with Crippen molar-refractivity contribution in [2.45, 2.75) is 0 Å². The minimum atomic E-state index is -0.368. The average Bonchev–Trinajstić information content (AvgIpc) is 2.39. The smallest absolute Gasteiger partial charge is 0.255 e. The van der Waals surface area contributed by atoms with Gasteiger partial charge in [-0.15, -0.1) is 0 Å². The predicted molar refractivity (Wildman–Crippen MR) is 67.3 cm³/mol. The number of carbonyl (C=O) groups is 1. The van der Waals surface area contributed by atoms with Crippen LogP contribution >= 0.6 is 0 Å². The Labute approximate surface area is 104 Å². The first kappa shape index (κ1) is 12.1. The van der Waals surface area contributed by atoms with Crippen molar-refractivity contribution >= 4 is 11.6 Å². The molecule has 0 atom stereocenters. The van der Waals surface area contributed by atoms with Crippen molar-refractivity contribution < 1.29 is 13.9 Å². The zero-order valence-electron chi connectivity index (χ0n) is 9.81. The van der Waals surface area contributed by atoms with Crippen LogP contribution in [-0.4, -0.2) is 13.0 Å². The van der Waals surface area contributed by atoms with Crippen molar-refractivity contribution in [3.8, 4) is 5.75 Å². The van der Waals surface area contributed by atoms with Gasteiger partial charge in [-0.3, -0.25) is 4.79 Å². The van der Waals surface area contributed by atoms with E-state index in [2.05, 4.69) is 5.32 Å². The molecule has 0 unspecified atom stereocenters. The van der Waals surface area contributed by atoms with Crippen molar-refractivity contribution in [2.24, 2.45) is 0 Å². The summed E-state index contributed by atoms with van der Waals surface area (Å²) in [7, 11) is 1.56. The van der Waals surface area contributed by atoms with E-state index in [1.165, 1.54) is 24.3 Å². The number of carbonyl (C=O) groups excluding carboxylic acids is 1. The normalized spacial score (nSPS) is 9.89. The van der Waals surface area contributed by atoms with Crippen molar-refractivity contribution in [3.05, 3.63) is 59.9 Å². The van der Waals surface area contributed by atoms with Crippen LogP contribution in [0.15, 0.2) is 48.5 Å². The lowest BCUT2D eigenvalue weighted by Crippen LogP contribution is -2.11. The molecular formula is C14H12FNO2. The zero-order chi connectivity index (χ0) is 13.0. The minimum Gasteiger partial charge on any atom is -0.497 e. The van der Waals surface area contributed by atoms with Crippen molar-refractivity contribution in [1.29, 1.82) is 0 Å². The third-order valence-electron chi connectivity index (χ3n) is 2.43. The molecule has 3 nitrogen and oxygen atoms in total. The van der Waals surface area contributed by atoms with Crippen molar-refractivity contribution in [3.63, 3.8) is 0 Å². The summed E-state index contributed by atoms with van der Waals surface area (Å²) in [6.07, 6.45) is 0. The van der Waals surface area contributed by atoms with Crippen molar-refractivity contribution in [2.75, 3.05) is 12.4 Å². The van der Waals surface area contributed by atoms with E-state index in [9.17, 15) is 9.18 Å². The van der Waals surface area contributed by atoms with Crippen LogP contribution in [0.1, 0.15) is 10.4 Å². The Bertz CT molecular complexity index is 552. The zero-order valence-corrected chi connectivity index (χ0v) is 9.81. The number of anilines is 1. The van der Waals surface area contributed by atoms with Crippen molar-refractivity contribution in [1.82, 2.24) is 0 Å². The fourth-order valence-electron chi connectivity index (χ4n) is 1.51. The fourth-order valence-corrected chi connectivity index (χ4v) is 1.51. The third kappa shape index (κ3) is 2.85. The molecule has 0 saturated carbocycles. The maximum Gasteiger partial charge on any atom is 0.255 e. The Morgan fingerprint density at radius 3 is 2.56 bits per heavy atom. The second-order valence-electron chi connectivity index (χ2n) is 3.69. The molecule has 0 bridgehead atoms. The van der Waals surface area contributed by atoms with Crippen LogP contribution in [0.4, 0.5) is 10.1 Å². The first-order valence-electron chi connectivity index (χ1n) is 5.40. The van der Waals surface area contributed by atoms with E-state index in [-0.39, 0.29) is 11.7 Å². The highest BCUT2D eigenvalue weighted by atomic mass is 19.1. The van der Waals surface area contributed by atoms with Crippen LogP contribution in [0.25, 0.3) is 0 Å². The molecule has 0 heterocycles. The maximum absolute atomic E-state index is 12.7. The Kier molecular flexibility index (Phi) is 3.57. The van der Waals surface area contributed by atoms with Gasteiger partial charge in [0.2, 0.25) is 0 Å². The highest BCUT2D eigenvalue weighted by molar-refractivity contribution is 6.04. The van der Waals surface area contributed by atoms with E-state index in [1.54, 1.807) is 31.4 Å². The third-order valence-corrected chi connectivity index (χ3v) is 2.43. The van der Waals surface area contributed by atoms with Crippen LogP contribution in [-0.2, 0) is 0 Å². The first-order valence-corrected chi connectivity index (χ1v) is 5.40. The van der Waals surface area contributed by atoms with Gasteiger partial charge in [0.05, 0.1) is 7.11 Å². The highest BCUT2D eigenvalue weighted by Crippen LogP contribution is 2.17. The van der Waals surface area contributed by atoms with Gasteiger partial charge in [-0.1, -0.05) is 6.07 Å². The van der Waals surface area contributed by atoms with E-state index in [1.807, 2.05) is 0 Å². The number of amides is 1. The number of methoxy groups -OCH3 is 1. The van der Waals surface area contributed by atoms with Gasteiger partial charge in [0, 0.05) is 17.3 Å². The van der Waals surface area contributed by atoms with E-state index in [0.717, 1.165) is 0 Å². The molecule has 4 heteroatoms. The molecule has 0 aliphatic heterocycles. The lowest BCUT2D eigenvalue weighted by molar-refractivity contribution is 0.102. The fraction of sp³-hybridized carbons (Fsp3) is 0.0714. The maximum atomic E-state index is 12.7. The summed E-state index contributed by atoms with van der Waals surface area (Å²) in [5, 5.41) is 2.71. The van der Waals surface area contributed by atoms with Crippen LogP contribution in [0, 0.1) is 5.82 Å². The molecule has 1 amide bonds. The monoisotopic (exact) mass is 245 g/mol. The second kappa shape index (κ2) is 5.31. The Morgan fingerprint density at radius 2 is 1.89 bits per heavy atom. The summed E-state index contributed by atoms with van der Waals surface area (Å²) in [5.74, 6) is 0.00286. The van der Waals surface area contributed by atoms with Gasteiger partial charge in [-0.2, -0.15) is 0 Å². The van der Waals surface area contributed by atoms with Crippen LogP contribution in [0.5, 0.6) is 5.75 Å². The molecule has 0 saturated heterocycles. The average molecular weight is 245 g/mol. The number of hydrogen-bond acceptors (Lipinski definition) is 2. The molecule has 0 aromatic heterocycles. The molecule has 2 aromatic carbocycles. The number of ether oxygens (including phenoxy) is 1. The second-order valence-corrected chi connectivity index (χ2v) is 3.69. The summed E-state index contributed by atoms with van der Waals surface area (Å²) in [4.78, 5) is 11.9. The van der Waals surface area contributed by atoms with E-state index in [4.69, 9.17) is 4.74 Å². The molecule has 0 fully saturated rings. The topological polar surface area (TPSA) is 38.3 Å². The van der Waals surface area contributed by atoms with Gasteiger partial charge >= 0.3 is 0 Å². The Morgan fingerprint density at radius 1 is 1.17 bits per heavy atom. The van der Waals surface area contributed by atoms with Gasteiger partial charge in [0.1, 0.15) is 11.6 Å². The Hall–Kier alpha value is -2.36.